The quantitative estimate of drug-likeness (QED) is 0.785. The Morgan fingerprint density at radius 3 is 2.50 bits per heavy atom. The van der Waals surface area contributed by atoms with Gasteiger partial charge in [-0.3, -0.25) is 0 Å². The van der Waals surface area contributed by atoms with Gasteiger partial charge < -0.3 is 14.8 Å². The molecule has 0 amide bonds. The maximum Gasteiger partial charge on any atom is 0.161 e. The Kier molecular flexibility index (Phi) is 6.98. The highest BCUT2D eigenvalue weighted by Crippen LogP contribution is 2.30. The molecule has 0 saturated carbocycles. The van der Waals surface area contributed by atoms with Crippen LogP contribution in [0, 0.1) is 0 Å². The molecule has 102 valence electrons. The van der Waals surface area contributed by atoms with Crippen molar-refractivity contribution in [3.8, 4) is 11.5 Å². The standard InChI is InChI=1S/C14H23NO2S/c1-5-8-15-12(10-18-4)11-6-7-13(16-2)14(9-11)17-3/h6-7,9,12,15H,5,8,10H2,1-4H3. The van der Waals surface area contributed by atoms with Crippen LogP contribution in [-0.2, 0) is 0 Å². The van der Waals surface area contributed by atoms with Gasteiger partial charge in [0.1, 0.15) is 0 Å². The normalized spacial score (nSPS) is 12.2. The fourth-order valence-electron chi connectivity index (χ4n) is 1.83. The molecule has 0 aromatic heterocycles. The molecule has 1 atom stereocenters. The molecule has 1 aromatic carbocycles. The Morgan fingerprint density at radius 2 is 1.94 bits per heavy atom. The van der Waals surface area contributed by atoms with Crippen LogP contribution in [0.25, 0.3) is 0 Å². The van der Waals surface area contributed by atoms with E-state index in [2.05, 4.69) is 30.6 Å². The van der Waals surface area contributed by atoms with Gasteiger partial charge in [-0.2, -0.15) is 11.8 Å². The molecule has 0 aliphatic heterocycles. The van der Waals surface area contributed by atoms with Crippen LogP contribution in [0.4, 0.5) is 0 Å². The van der Waals surface area contributed by atoms with Crippen molar-refractivity contribution in [2.45, 2.75) is 19.4 Å². The Labute approximate surface area is 114 Å². The summed E-state index contributed by atoms with van der Waals surface area (Å²) in [6.45, 7) is 3.21. The first-order valence-electron chi connectivity index (χ1n) is 6.21. The molecule has 0 saturated heterocycles. The van der Waals surface area contributed by atoms with E-state index in [0.29, 0.717) is 6.04 Å². The van der Waals surface area contributed by atoms with Gasteiger partial charge in [0.2, 0.25) is 0 Å². The van der Waals surface area contributed by atoms with Crippen LogP contribution < -0.4 is 14.8 Å². The van der Waals surface area contributed by atoms with Crippen LogP contribution in [0.15, 0.2) is 18.2 Å². The number of rotatable bonds is 8. The van der Waals surface area contributed by atoms with Crippen LogP contribution in [0.1, 0.15) is 24.9 Å². The van der Waals surface area contributed by atoms with Crippen molar-refractivity contribution in [3.05, 3.63) is 23.8 Å². The lowest BCUT2D eigenvalue weighted by atomic mass is 10.1. The minimum Gasteiger partial charge on any atom is -0.493 e. The van der Waals surface area contributed by atoms with Crippen molar-refractivity contribution in [3.63, 3.8) is 0 Å². The summed E-state index contributed by atoms with van der Waals surface area (Å²) in [6.07, 6.45) is 3.26. The van der Waals surface area contributed by atoms with Crippen LogP contribution in [0.2, 0.25) is 0 Å². The highest BCUT2D eigenvalue weighted by molar-refractivity contribution is 7.98. The maximum absolute atomic E-state index is 5.35. The fraction of sp³-hybridized carbons (Fsp3) is 0.571. The number of thioether (sulfide) groups is 1. The second-order valence-electron chi connectivity index (χ2n) is 4.08. The Hall–Kier alpha value is -0.870. The third kappa shape index (κ3) is 4.10. The molecule has 0 aliphatic rings. The lowest BCUT2D eigenvalue weighted by molar-refractivity contribution is 0.354. The zero-order chi connectivity index (χ0) is 13.4. The van der Waals surface area contributed by atoms with Gasteiger partial charge in [0.15, 0.2) is 11.5 Å². The summed E-state index contributed by atoms with van der Waals surface area (Å²) in [4.78, 5) is 0. The SMILES string of the molecule is CCCNC(CSC)c1ccc(OC)c(OC)c1. The number of nitrogens with one attached hydrogen (secondary N) is 1. The predicted octanol–water partition coefficient (Wildman–Crippen LogP) is 3.11. The van der Waals surface area contributed by atoms with Crippen LogP contribution in [-0.4, -0.2) is 32.8 Å². The van der Waals surface area contributed by atoms with Gasteiger partial charge in [-0.05, 0) is 36.9 Å². The van der Waals surface area contributed by atoms with E-state index >= 15 is 0 Å². The fourth-order valence-corrected chi connectivity index (χ4v) is 2.47. The van der Waals surface area contributed by atoms with Crippen molar-refractivity contribution < 1.29 is 9.47 Å². The van der Waals surface area contributed by atoms with Crippen molar-refractivity contribution in [1.82, 2.24) is 5.32 Å². The van der Waals surface area contributed by atoms with E-state index in [4.69, 9.17) is 9.47 Å². The summed E-state index contributed by atoms with van der Waals surface area (Å²) in [7, 11) is 3.33. The summed E-state index contributed by atoms with van der Waals surface area (Å²) in [5.41, 5.74) is 1.25. The average Bonchev–Trinajstić information content (AvgIpc) is 2.42. The molecule has 1 unspecified atom stereocenters. The second-order valence-corrected chi connectivity index (χ2v) is 4.99. The van der Waals surface area contributed by atoms with Gasteiger partial charge in [0, 0.05) is 11.8 Å². The second kappa shape index (κ2) is 8.27. The average molecular weight is 269 g/mol. The molecule has 1 rings (SSSR count). The molecule has 3 nitrogen and oxygen atoms in total. The molecule has 0 radical (unpaired) electrons. The van der Waals surface area contributed by atoms with Crippen molar-refractivity contribution in [2.75, 3.05) is 32.8 Å². The van der Waals surface area contributed by atoms with Gasteiger partial charge in [-0.25, -0.2) is 0 Å². The maximum atomic E-state index is 5.35. The number of methoxy groups -OCH3 is 2. The topological polar surface area (TPSA) is 30.5 Å². The van der Waals surface area contributed by atoms with Gasteiger partial charge in [-0.1, -0.05) is 13.0 Å². The monoisotopic (exact) mass is 269 g/mol. The molecule has 0 aliphatic carbocycles. The van der Waals surface area contributed by atoms with Gasteiger partial charge in [0.25, 0.3) is 0 Å². The van der Waals surface area contributed by atoms with E-state index in [1.165, 1.54) is 5.56 Å². The van der Waals surface area contributed by atoms with E-state index in [1.54, 1.807) is 14.2 Å². The van der Waals surface area contributed by atoms with Crippen LogP contribution in [0.3, 0.4) is 0 Å². The highest BCUT2D eigenvalue weighted by atomic mass is 32.2. The third-order valence-electron chi connectivity index (χ3n) is 2.78. The summed E-state index contributed by atoms with van der Waals surface area (Å²) in [5.74, 6) is 2.62. The minimum atomic E-state index is 0.361. The molecule has 0 heterocycles. The molecular weight excluding hydrogens is 246 g/mol. The highest BCUT2D eigenvalue weighted by Gasteiger charge is 2.13. The van der Waals surface area contributed by atoms with Gasteiger partial charge >= 0.3 is 0 Å². The van der Waals surface area contributed by atoms with Gasteiger partial charge in [0.05, 0.1) is 14.2 Å². The summed E-state index contributed by atoms with van der Waals surface area (Å²) in [6, 6.07) is 6.49. The van der Waals surface area contributed by atoms with Crippen molar-refractivity contribution >= 4 is 11.8 Å². The first kappa shape index (κ1) is 15.2. The van der Waals surface area contributed by atoms with Crippen LogP contribution in [0.5, 0.6) is 11.5 Å². The van der Waals surface area contributed by atoms with Crippen LogP contribution >= 0.6 is 11.8 Å². The Bertz CT molecular complexity index is 358. The number of hydrogen-bond donors (Lipinski definition) is 1. The molecule has 0 fully saturated rings. The number of ether oxygens (including phenoxy) is 2. The third-order valence-corrected chi connectivity index (χ3v) is 3.45. The zero-order valence-corrected chi connectivity index (χ0v) is 12.5. The van der Waals surface area contributed by atoms with E-state index in [0.717, 1.165) is 30.2 Å². The summed E-state index contributed by atoms with van der Waals surface area (Å²) in [5, 5.41) is 3.56. The Balaban J connectivity index is 2.89. The Morgan fingerprint density at radius 1 is 1.22 bits per heavy atom. The minimum absolute atomic E-state index is 0.361. The molecule has 4 heteroatoms. The lowest BCUT2D eigenvalue weighted by Gasteiger charge is -2.19. The summed E-state index contributed by atoms with van der Waals surface area (Å²) < 4.78 is 10.6. The van der Waals surface area contributed by atoms with E-state index in [-0.39, 0.29) is 0 Å². The molecule has 1 aromatic rings. The molecular formula is C14H23NO2S. The number of hydrogen-bond acceptors (Lipinski definition) is 4. The van der Waals surface area contributed by atoms with Crippen molar-refractivity contribution in [1.29, 1.82) is 0 Å². The van der Waals surface area contributed by atoms with Crippen molar-refractivity contribution in [2.24, 2.45) is 0 Å². The summed E-state index contributed by atoms with van der Waals surface area (Å²) >= 11 is 1.84. The van der Waals surface area contributed by atoms with E-state index in [1.807, 2.05) is 17.8 Å². The lowest BCUT2D eigenvalue weighted by Crippen LogP contribution is -2.24. The first-order valence-corrected chi connectivity index (χ1v) is 7.60. The smallest absolute Gasteiger partial charge is 0.161 e. The molecule has 0 spiro atoms. The molecule has 18 heavy (non-hydrogen) atoms. The molecule has 0 bridgehead atoms. The number of benzene rings is 1. The molecule has 1 N–H and O–H groups in total. The van der Waals surface area contributed by atoms with Gasteiger partial charge in [-0.15, -0.1) is 0 Å². The van der Waals surface area contributed by atoms with E-state index < -0.39 is 0 Å². The largest absolute Gasteiger partial charge is 0.493 e. The predicted molar refractivity (Wildman–Crippen MR) is 79.0 cm³/mol. The van der Waals surface area contributed by atoms with E-state index in [9.17, 15) is 0 Å². The zero-order valence-electron chi connectivity index (χ0n) is 11.7. The first-order chi connectivity index (χ1) is 8.76.